The molecule has 0 aromatic heterocycles. The number of carbonyl (C=O) groups excluding carboxylic acids is 4. The van der Waals surface area contributed by atoms with Crippen molar-refractivity contribution in [2.45, 2.75) is 373 Å². The highest BCUT2D eigenvalue weighted by Gasteiger charge is 2.30. The predicted molar refractivity (Wildman–Crippen MR) is 349 cm³/mol. The molecule has 5 atom stereocenters. The summed E-state index contributed by atoms with van der Waals surface area (Å²) >= 11 is 0. The highest BCUT2D eigenvalue weighted by atomic mass is 31.2. The summed E-state index contributed by atoms with van der Waals surface area (Å²) in [6.07, 6.45) is 50.2. The number of hydrogen-bond donors (Lipinski definition) is 3. The summed E-state index contributed by atoms with van der Waals surface area (Å²) in [6, 6.07) is 0. The average Bonchev–Trinajstić information content (AvgIpc) is 3.71. The molecule has 0 spiro atoms. The summed E-state index contributed by atoms with van der Waals surface area (Å²) in [7, 11) is -9.88. The molecule has 17 nitrogen and oxygen atoms in total. The second-order valence-electron chi connectivity index (χ2n) is 24.6. The maximum atomic E-state index is 13.0. The van der Waals surface area contributed by atoms with E-state index in [4.69, 9.17) is 37.0 Å². The summed E-state index contributed by atoms with van der Waals surface area (Å²) in [5.41, 5.74) is 0. The molecule has 0 aromatic rings. The van der Waals surface area contributed by atoms with Crippen molar-refractivity contribution < 1.29 is 80.2 Å². The van der Waals surface area contributed by atoms with Crippen molar-refractivity contribution in [2.24, 2.45) is 0 Å². The molecule has 87 heavy (non-hydrogen) atoms. The zero-order valence-corrected chi connectivity index (χ0v) is 57.8. The van der Waals surface area contributed by atoms with E-state index in [-0.39, 0.29) is 25.7 Å². The smallest absolute Gasteiger partial charge is 0.462 e. The average molecular weight is 1280 g/mol. The SMILES string of the molecule is CCCCCCCCCCCCCCCCCCCCCCC(=O)O[C@H](COC(=O)CCCCCCCCCCCC)COP(=O)(O)OC[C@@H](O)COP(=O)(O)OC[C@@H](COC(=O)CCCCCCCCC)OC(=O)CCCCCCCCCCCC. The van der Waals surface area contributed by atoms with E-state index in [9.17, 15) is 43.2 Å². The molecule has 0 saturated carbocycles. The molecule has 2 unspecified atom stereocenters. The van der Waals surface area contributed by atoms with Gasteiger partial charge >= 0.3 is 39.5 Å². The minimum Gasteiger partial charge on any atom is -0.462 e. The van der Waals surface area contributed by atoms with E-state index in [1.165, 1.54) is 173 Å². The van der Waals surface area contributed by atoms with Crippen molar-refractivity contribution >= 4 is 39.5 Å². The van der Waals surface area contributed by atoms with Crippen LogP contribution in [0.1, 0.15) is 355 Å². The quantitative estimate of drug-likeness (QED) is 0.0222. The lowest BCUT2D eigenvalue weighted by Gasteiger charge is -2.21. The maximum absolute atomic E-state index is 13.0. The van der Waals surface area contributed by atoms with Gasteiger partial charge in [-0.2, -0.15) is 0 Å². The fourth-order valence-corrected chi connectivity index (χ4v) is 11.9. The number of rotatable bonds is 69. The monoisotopic (exact) mass is 1280 g/mol. The molecule has 0 radical (unpaired) electrons. The van der Waals surface area contributed by atoms with E-state index in [0.29, 0.717) is 25.7 Å². The molecule has 0 saturated heterocycles. The summed E-state index contributed by atoms with van der Waals surface area (Å²) < 4.78 is 68.0. The normalized spacial score (nSPS) is 14.1. The van der Waals surface area contributed by atoms with Crippen LogP contribution in [0.2, 0.25) is 0 Å². The van der Waals surface area contributed by atoms with Gasteiger partial charge in [-0.1, -0.05) is 304 Å². The Morgan fingerprint density at radius 2 is 0.460 bits per heavy atom. The molecule has 0 fully saturated rings. The lowest BCUT2D eigenvalue weighted by molar-refractivity contribution is -0.161. The Morgan fingerprint density at radius 3 is 0.678 bits per heavy atom. The van der Waals surface area contributed by atoms with E-state index in [1.807, 2.05) is 0 Å². The van der Waals surface area contributed by atoms with Crippen molar-refractivity contribution in [3.8, 4) is 0 Å². The maximum Gasteiger partial charge on any atom is 0.472 e. The zero-order chi connectivity index (χ0) is 64.0. The molecule has 19 heteroatoms. The molecule has 0 aliphatic rings. The Labute approximate surface area is 530 Å². The Balaban J connectivity index is 5.12. The van der Waals surface area contributed by atoms with Crippen LogP contribution in [0, 0.1) is 0 Å². The number of aliphatic hydroxyl groups excluding tert-OH is 1. The first-order valence-electron chi connectivity index (χ1n) is 35.8. The van der Waals surface area contributed by atoms with Crippen molar-refractivity contribution in [2.75, 3.05) is 39.6 Å². The first kappa shape index (κ1) is 85.1. The third kappa shape index (κ3) is 62.6. The van der Waals surface area contributed by atoms with Gasteiger partial charge in [0.1, 0.15) is 19.3 Å². The number of ether oxygens (including phenoxy) is 4. The third-order valence-corrected chi connectivity index (χ3v) is 17.8. The van der Waals surface area contributed by atoms with Crippen LogP contribution in [-0.2, 0) is 65.4 Å². The Bertz CT molecular complexity index is 1670. The largest absolute Gasteiger partial charge is 0.472 e. The van der Waals surface area contributed by atoms with Gasteiger partial charge in [0, 0.05) is 25.7 Å². The van der Waals surface area contributed by atoms with E-state index < -0.39 is 97.5 Å². The van der Waals surface area contributed by atoms with E-state index in [1.54, 1.807) is 0 Å². The van der Waals surface area contributed by atoms with Gasteiger partial charge in [-0.15, -0.1) is 0 Å². The second-order valence-corrected chi connectivity index (χ2v) is 27.5. The van der Waals surface area contributed by atoms with Gasteiger partial charge in [0.05, 0.1) is 26.4 Å². The van der Waals surface area contributed by atoms with Crippen LogP contribution in [0.3, 0.4) is 0 Å². The summed E-state index contributed by atoms with van der Waals surface area (Å²) in [5, 5.41) is 10.5. The van der Waals surface area contributed by atoms with Crippen LogP contribution >= 0.6 is 15.6 Å². The Kier molecular flexibility index (Phi) is 61.4. The molecule has 0 aliphatic carbocycles. The Morgan fingerprint density at radius 1 is 0.276 bits per heavy atom. The van der Waals surface area contributed by atoms with Crippen LogP contribution in [0.15, 0.2) is 0 Å². The van der Waals surface area contributed by atoms with E-state index in [0.717, 1.165) is 103 Å². The number of aliphatic hydroxyl groups is 1. The summed E-state index contributed by atoms with van der Waals surface area (Å²) in [4.78, 5) is 72.2. The number of hydrogen-bond acceptors (Lipinski definition) is 15. The highest BCUT2D eigenvalue weighted by molar-refractivity contribution is 7.47. The highest BCUT2D eigenvalue weighted by Crippen LogP contribution is 2.45. The first-order valence-corrected chi connectivity index (χ1v) is 38.8. The molecule has 0 bridgehead atoms. The van der Waals surface area contributed by atoms with Crippen molar-refractivity contribution in [3.63, 3.8) is 0 Å². The number of esters is 4. The van der Waals surface area contributed by atoms with Crippen molar-refractivity contribution in [1.29, 1.82) is 0 Å². The molecule has 0 aliphatic heterocycles. The van der Waals surface area contributed by atoms with Gasteiger partial charge in [-0.05, 0) is 25.7 Å². The number of unbranched alkanes of at least 4 members (excludes halogenated alkanes) is 43. The zero-order valence-electron chi connectivity index (χ0n) is 56.0. The van der Waals surface area contributed by atoms with Gasteiger partial charge in [-0.25, -0.2) is 9.13 Å². The topological polar surface area (TPSA) is 237 Å². The lowest BCUT2D eigenvalue weighted by atomic mass is 10.0. The predicted octanol–water partition coefficient (Wildman–Crippen LogP) is 19.5. The lowest BCUT2D eigenvalue weighted by Crippen LogP contribution is -2.30. The molecule has 3 N–H and O–H groups in total. The van der Waals surface area contributed by atoms with Crippen LogP contribution < -0.4 is 0 Å². The fraction of sp³-hybridized carbons (Fsp3) is 0.941. The molecular formula is C68H132O17P2. The van der Waals surface area contributed by atoms with Gasteiger partial charge in [0.2, 0.25) is 0 Å². The summed E-state index contributed by atoms with van der Waals surface area (Å²) in [6.45, 7) is 4.87. The van der Waals surface area contributed by atoms with Gasteiger partial charge in [-0.3, -0.25) is 37.3 Å². The van der Waals surface area contributed by atoms with Gasteiger partial charge in [0.25, 0.3) is 0 Å². The molecule has 0 rings (SSSR count). The number of carbonyl (C=O) groups is 4. The van der Waals surface area contributed by atoms with Crippen LogP contribution in [0.25, 0.3) is 0 Å². The first-order chi connectivity index (χ1) is 42.2. The summed E-state index contributed by atoms with van der Waals surface area (Å²) in [5.74, 6) is -2.13. The second kappa shape index (κ2) is 62.8. The van der Waals surface area contributed by atoms with Crippen LogP contribution in [0.5, 0.6) is 0 Å². The fourth-order valence-electron chi connectivity index (χ4n) is 10.3. The van der Waals surface area contributed by atoms with Crippen molar-refractivity contribution in [3.05, 3.63) is 0 Å². The molecule has 0 heterocycles. The van der Waals surface area contributed by atoms with E-state index in [2.05, 4.69) is 27.7 Å². The minimum atomic E-state index is -4.95. The molecular weight excluding hydrogens is 1150 g/mol. The van der Waals surface area contributed by atoms with Crippen molar-refractivity contribution in [1.82, 2.24) is 0 Å². The Hall–Kier alpha value is -1.94. The van der Waals surface area contributed by atoms with E-state index >= 15 is 0 Å². The molecule has 516 valence electrons. The van der Waals surface area contributed by atoms with Crippen LogP contribution in [-0.4, -0.2) is 96.7 Å². The van der Waals surface area contributed by atoms with Gasteiger partial charge < -0.3 is 33.8 Å². The van der Waals surface area contributed by atoms with Crippen LogP contribution in [0.4, 0.5) is 0 Å². The molecule has 0 aromatic carbocycles. The third-order valence-electron chi connectivity index (χ3n) is 15.9. The molecule has 0 amide bonds. The number of phosphoric ester groups is 2. The standard InChI is InChI=1S/C68H132O17P2/c1-5-9-13-17-21-24-27-28-29-30-31-32-33-34-35-36-39-43-47-51-55-68(73)85-64(59-79-66(71)53-49-45-41-37-25-22-18-14-10-6-2)61-83-87(76,77)81-57-62(69)56-80-86(74,75)82-60-63(58-78-65(70)52-48-44-40-20-16-12-8-4)84-67(72)54-50-46-42-38-26-23-19-15-11-7-3/h62-64,69H,5-61H2,1-4H3,(H,74,75)(H,76,77)/t62-,63+,64+/m0/s1. The number of phosphoric acid groups is 2. The van der Waals surface area contributed by atoms with Gasteiger partial charge in [0.15, 0.2) is 12.2 Å². The minimum absolute atomic E-state index is 0.106.